The van der Waals surface area contributed by atoms with Crippen LogP contribution in [0.4, 0.5) is 0 Å². The van der Waals surface area contributed by atoms with Gasteiger partial charge in [0, 0.05) is 12.1 Å². The zero-order valence-corrected chi connectivity index (χ0v) is 12.3. The third-order valence-corrected chi connectivity index (χ3v) is 4.29. The molecule has 1 aliphatic carbocycles. The van der Waals surface area contributed by atoms with Crippen LogP contribution < -0.4 is 10.6 Å². The van der Waals surface area contributed by atoms with E-state index in [1.54, 1.807) is 0 Å². The predicted octanol–water partition coefficient (Wildman–Crippen LogP) is 1.98. The lowest BCUT2D eigenvalue weighted by atomic mass is 10.0. The Morgan fingerprint density at radius 3 is 2.74 bits per heavy atom. The fourth-order valence-electron chi connectivity index (χ4n) is 3.16. The Labute approximate surface area is 116 Å². The van der Waals surface area contributed by atoms with Gasteiger partial charge in [-0.3, -0.25) is 4.79 Å². The van der Waals surface area contributed by atoms with Crippen molar-refractivity contribution in [3.8, 4) is 0 Å². The van der Waals surface area contributed by atoms with Crippen LogP contribution in [0.15, 0.2) is 0 Å². The number of ether oxygens (including phenoxy) is 1. The van der Waals surface area contributed by atoms with E-state index in [4.69, 9.17) is 4.74 Å². The molecule has 110 valence electrons. The molecule has 1 saturated carbocycles. The van der Waals surface area contributed by atoms with Gasteiger partial charge < -0.3 is 15.4 Å². The van der Waals surface area contributed by atoms with E-state index >= 15 is 0 Å². The topological polar surface area (TPSA) is 50.4 Å². The molecule has 0 aromatic carbocycles. The molecule has 1 amide bonds. The Hall–Kier alpha value is -0.610. The molecular formula is C15H28N2O2. The molecule has 2 rings (SSSR count). The van der Waals surface area contributed by atoms with Crippen LogP contribution in [0.5, 0.6) is 0 Å². The Morgan fingerprint density at radius 1 is 1.37 bits per heavy atom. The summed E-state index contributed by atoms with van der Waals surface area (Å²) in [6.45, 7) is 5.20. The Bertz CT molecular complexity index is 290. The summed E-state index contributed by atoms with van der Waals surface area (Å²) in [7, 11) is 0. The van der Waals surface area contributed by atoms with Crippen molar-refractivity contribution in [1.29, 1.82) is 0 Å². The van der Waals surface area contributed by atoms with Gasteiger partial charge in [0.1, 0.15) is 6.10 Å². The van der Waals surface area contributed by atoms with Gasteiger partial charge in [-0.1, -0.05) is 19.8 Å². The number of nitrogens with one attached hydrogen (secondary N) is 2. The van der Waals surface area contributed by atoms with Crippen LogP contribution in [-0.2, 0) is 9.53 Å². The van der Waals surface area contributed by atoms with Crippen LogP contribution in [0.3, 0.4) is 0 Å². The first kappa shape index (κ1) is 14.8. The highest BCUT2D eigenvalue weighted by molar-refractivity contribution is 5.81. The maximum Gasteiger partial charge on any atom is 0.249 e. The van der Waals surface area contributed by atoms with Crippen LogP contribution in [0.25, 0.3) is 0 Å². The second kappa shape index (κ2) is 7.25. The molecule has 1 heterocycles. The van der Waals surface area contributed by atoms with Crippen LogP contribution in [0.1, 0.15) is 58.8 Å². The summed E-state index contributed by atoms with van der Waals surface area (Å²) < 4.78 is 5.96. The van der Waals surface area contributed by atoms with E-state index in [-0.39, 0.29) is 12.0 Å². The molecule has 0 radical (unpaired) electrons. The normalized spacial score (nSPS) is 30.2. The number of piperidine rings is 1. The first-order chi connectivity index (χ1) is 9.19. The van der Waals surface area contributed by atoms with Crippen LogP contribution in [0.2, 0.25) is 0 Å². The predicted molar refractivity (Wildman–Crippen MR) is 76.0 cm³/mol. The Morgan fingerprint density at radius 2 is 2.11 bits per heavy atom. The van der Waals surface area contributed by atoms with Gasteiger partial charge in [0.15, 0.2) is 0 Å². The molecule has 2 N–H and O–H groups in total. The van der Waals surface area contributed by atoms with Crippen molar-refractivity contribution in [1.82, 2.24) is 10.6 Å². The lowest BCUT2D eigenvalue weighted by Crippen LogP contribution is -2.49. The van der Waals surface area contributed by atoms with E-state index < -0.39 is 0 Å². The third-order valence-electron chi connectivity index (χ3n) is 4.29. The van der Waals surface area contributed by atoms with Gasteiger partial charge in [0.25, 0.3) is 0 Å². The third kappa shape index (κ3) is 4.46. The highest BCUT2D eigenvalue weighted by Crippen LogP contribution is 2.23. The van der Waals surface area contributed by atoms with Crippen LogP contribution in [-0.4, -0.2) is 36.7 Å². The number of carbonyl (C=O) groups is 1. The fraction of sp³-hybridized carbons (Fsp3) is 0.933. The monoisotopic (exact) mass is 268 g/mol. The summed E-state index contributed by atoms with van der Waals surface area (Å²) >= 11 is 0. The van der Waals surface area contributed by atoms with E-state index in [0.717, 1.165) is 38.6 Å². The summed E-state index contributed by atoms with van der Waals surface area (Å²) in [4.78, 5) is 12.3. The molecule has 2 aliphatic rings. The molecule has 2 fully saturated rings. The van der Waals surface area contributed by atoms with Gasteiger partial charge in [-0.15, -0.1) is 0 Å². The van der Waals surface area contributed by atoms with Gasteiger partial charge >= 0.3 is 0 Å². The molecular weight excluding hydrogens is 240 g/mol. The SMILES string of the molecule is CCC(OC1CCCC1)C(=O)NC1CCNC(C)C1. The van der Waals surface area contributed by atoms with Crippen molar-refractivity contribution in [3.05, 3.63) is 0 Å². The minimum atomic E-state index is -0.256. The van der Waals surface area contributed by atoms with Crippen molar-refractivity contribution in [3.63, 3.8) is 0 Å². The summed E-state index contributed by atoms with van der Waals surface area (Å²) in [6, 6.07) is 0.805. The molecule has 0 aromatic rings. The first-order valence-electron chi connectivity index (χ1n) is 7.88. The minimum Gasteiger partial charge on any atom is -0.365 e. The number of hydrogen-bond donors (Lipinski definition) is 2. The molecule has 3 atom stereocenters. The quantitative estimate of drug-likeness (QED) is 0.801. The van der Waals surface area contributed by atoms with E-state index in [9.17, 15) is 4.79 Å². The summed E-state index contributed by atoms with van der Waals surface area (Å²) in [5.41, 5.74) is 0. The zero-order chi connectivity index (χ0) is 13.7. The van der Waals surface area contributed by atoms with Crippen molar-refractivity contribution >= 4 is 5.91 Å². The molecule has 0 bridgehead atoms. The number of hydrogen-bond acceptors (Lipinski definition) is 3. The van der Waals surface area contributed by atoms with E-state index in [1.807, 2.05) is 6.92 Å². The maximum absolute atomic E-state index is 12.3. The summed E-state index contributed by atoms with van der Waals surface area (Å²) in [6.07, 6.45) is 7.59. The van der Waals surface area contributed by atoms with E-state index in [0.29, 0.717) is 18.2 Å². The Balaban J connectivity index is 1.78. The van der Waals surface area contributed by atoms with Crippen molar-refractivity contribution in [2.24, 2.45) is 0 Å². The van der Waals surface area contributed by atoms with Crippen LogP contribution in [0, 0.1) is 0 Å². The number of carbonyl (C=O) groups excluding carboxylic acids is 1. The number of rotatable bonds is 5. The van der Waals surface area contributed by atoms with Gasteiger partial charge in [0.05, 0.1) is 6.10 Å². The molecule has 1 aliphatic heterocycles. The van der Waals surface area contributed by atoms with Crippen molar-refractivity contribution in [2.75, 3.05) is 6.54 Å². The molecule has 1 saturated heterocycles. The highest BCUT2D eigenvalue weighted by Gasteiger charge is 2.27. The lowest BCUT2D eigenvalue weighted by molar-refractivity contribution is -0.137. The van der Waals surface area contributed by atoms with Crippen molar-refractivity contribution in [2.45, 2.75) is 83.1 Å². The van der Waals surface area contributed by atoms with Gasteiger partial charge in [-0.2, -0.15) is 0 Å². The van der Waals surface area contributed by atoms with E-state index in [2.05, 4.69) is 17.6 Å². The smallest absolute Gasteiger partial charge is 0.249 e. The highest BCUT2D eigenvalue weighted by atomic mass is 16.5. The second-order valence-corrected chi connectivity index (χ2v) is 6.02. The molecule has 0 aromatic heterocycles. The standard InChI is InChI=1S/C15H28N2O2/c1-3-14(19-13-6-4-5-7-13)15(18)17-12-8-9-16-11(2)10-12/h11-14,16H,3-10H2,1-2H3,(H,17,18). The molecule has 3 unspecified atom stereocenters. The van der Waals surface area contributed by atoms with Gasteiger partial charge in [-0.05, 0) is 45.6 Å². The molecule has 19 heavy (non-hydrogen) atoms. The maximum atomic E-state index is 12.3. The second-order valence-electron chi connectivity index (χ2n) is 6.02. The summed E-state index contributed by atoms with van der Waals surface area (Å²) in [5.74, 6) is 0.0912. The van der Waals surface area contributed by atoms with Crippen molar-refractivity contribution < 1.29 is 9.53 Å². The number of amides is 1. The molecule has 0 spiro atoms. The fourth-order valence-corrected chi connectivity index (χ4v) is 3.16. The first-order valence-corrected chi connectivity index (χ1v) is 7.88. The van der Waals surface area contributed by atoms with Gasteiger partial charge in [0.2, 0.25) is 5.91 Å². The largest absolute Gasteiger partial charge is 0.365 e. The Kier molecular flexibility index (Phi) is 5.64. The molecule has 4 nitrogen and oxygen atoms in total. The lowest BCUT2D eigenvalue weighted by Gasteiger charge is -2.30. The molecule has 4 heteroatoms. The minimum absolute atomic E-state index is 0.0912. The average molecular weight is 268 g/mol. The zero-order valence-electron chi connectivity index (χ0n) is 12.3. The summed E-state index contributed by atoms with van der Waals surface area (Å²) in [5, 5.41) is 6.57. The van der Waals surface area contributed by atoms with Gasteiger partial charge in [-0.25, -0.2) is 0 Å². The van der Waals surface area contributed by atoms with E-state index in [1.165, 1.54) is 12.8 Å². The van der Waals surface area contributed by atoms with Crippen LogP contribution >= 0.6 is 0 Å². The average Bonchev–Trinajstić information content (AvgIpc) is 2.88.